The molecule has 3 atom stereocenters. The lowest BCUT2D eigenvalue weighted by molar-refractivity contribution is -0.150. The van der Waals surface area contributed by atoms with Crippen LogP contribution >= 0.6 is 0 Å². The summed E-state index contributed by atoms with van der Waals surface area (Å²) in [7, 11) is 0. The molecule has 10 heteroatoms. The Morgan fingerprint density at radius 3 is 2.32 bits per heavy atom. The zero-order valence-corrected chi connectivity index (χ0v) is 19.7. The second-order valence-corrected chi connectivity index (χ2v) is 9.95. The van der Waals surface area contributed by atoms with Crippen LogP contribution in [0.25, 0.3) is 10.8 Å². The van der Waals surface area contributed by atoms with Gasteiger partial charge < -0.3 is 29.5 Å². The fraction of sp³-hybridized carbons (Fsp3) is 0.259. The van der Waals surface area contributed by atoms with Crippen molar-refractivity contribution in [3.63, 3.8) is 0 Å². The fourth-order valence-electron chi connectivity index (χ4n) is 6.94. The van der Waals surface area contributed by atoms with E-state index in [0.717, 1.165) is 0 Å². The average Bonchev–Trinajstić information content (AvgIpc) is 3.25. The van der Waals surface area contributed by atoms with Gasteiger partial charge in [-0.25, -0.2) is 9.59 Å². The highest BCUT2D eigenvalue weighted by Gasteiger charge is 2.68. The summed E-state index contributed by atoms with van der Waals surface area (Å²) in [5, 5.41) is 33.5. The molecule has 3 N–H and O–H groups in total. The van der Waals surface area contributed by atoms with Crippen LogP contribution in [-0.2, 0) is 19.7 Å². The van der Waals surface area contributed by atoms with E-state index in [0.29, 0.717) is 22.1 Å². The van der Waals surface area contributed by atoms with Gasteiger partial charge in [-0.05, 0) is 53.6 Å². The minimum absolute atomic E-state index is 0.107. The van der Waals surface area contributed by atoms with Gasteiger partial charge in [0.2, 0.25) is 0 Å². The fourth-order valence-corrected chi connectivity index (χ4v) is 6.94. The van der Waals surface area contributed by atoms with Crippen molar-refractivity contribution in [1.82, 2.24) is 0 Å². The summed E-state index contributed by atoms with van der Waals surface area (Å²) in [6.45, 7) is 4.07. The maximum atomic E-state index is 14.2. The van der Waals surface area contributed by atoms with Crippen molar-refractivity contribution in [3.8, 4) is 23.0 Å². The summed E-state index contributed by atoms with van der Waals surface area (Å²) in [5.41, 5.74) is -0.389. The number of rotatable bonds is 1. The number of fused-ring (bicyclic) bond motifs is 4. The molecule has 7 rings (SSSR count). The molecule has 3 aromatic carbocycles. The maximum absolute atomic E-state index is 14.2. The van der Waals surface area contributed by atoms with Gasteiger partial charge in [0.25, 0.3) is 0 Å². The van der Waals surface area contributed by atoms with Crippen LogP contribution in [0.5, 0.6) is 23.0 Å². The molecule has 2 aliphatic carbocycles. The van der Waals surface area contributed by atoms with Crippen LogP contribution in [0.1, 0.15) is 71.7 Å². The molecule has 2 aliphatic heterocycles. The van der Waals surface area contributed by atoms with Gasteiger partial charge >= 0.3 is 17.9 Å². The Morgan fingerprint density at radius 2 is 1.62 bits per heavy atom. The smallest absolute Gasteiger partial charge is 0.348 e. The molecule has 10 nitrogen and oxygen atoms in total. The van der Waals surface area contributed by atoms with Crippen molar-refractivity contribution in [2.75, 3.05) is 6.61 Å². The third kappa shape index (κ3) is 2.19. The summed E-state index contributed by atoms with van der Waals surface area (Å²) in [6.07, 6.45) is -1.23. The van der Waals surface area contributed by atoms with Gasteiger partial charge in [-0.15, -0.1) is 0 Å². The number of Topliss-reactive ketones (excluding diaryl/α,β-unsaturated/α-hetero) is 1. The third-order valence-corrected chi connectivity index (χ3v) is 8.07. The number of carbonyl (C=O) groups is 4. The number of hydrogen-bond donors (Lipinski definition) is 3. The van der Waals surface area contributed by atoms with Crippen LogP contribution in [0, 0.1) is 13.8 Å². The molecule has 0 fully saturated rings. The Kier molecular flexibility index (Phi) is 3.74. The van der Waals surface area contributed by atoms with Crippen molar-refractivity contribution in [1.29, 1.82) is 0 Å². The highest BCUT2D eigenvalue weighted by atomic mass is 16.6. The van der Waals surface area contributed by atoms with Crippen molar-refractivity contribution in [3.05, 3.63) is 56.6 Å². The number of carbonyl (C=O) groups excluding carboxylic acids is 4. The molecule has 0 saturated heterocycles. The van der Waals surface area contributed by atoms with Crippen LogP contribution in [-0.4, -0.2) is 51.7 Å². The van der Waals surface area contributed by atoms with E-state index in [9.17, 15) is 34.5 Å². The van der Waals surface area contributed by atoms with Crippen LogP contribution in [0.2, 0.25) is 0 Å². The molecular weight excluding hydrogens is 484 g/mol. The molecule has 0 radical (unpaired) electrons. The first kappa shape index (κ1) is 21.7. The molecule has 3 aromatic rings. The zero-order valence-electron chi connectivity index (χ0n) is 19.7. The van der Waals surface area contributed by atoms with Crippen LogP contribution in [0.3, 0.4) is 0 Å². The van der Waals surface area contributed by atoms with Crippen molar-refractivity contribution < 1.29 is 48.7 Å². The molecule has 0 unspecified atom stereocenters. The standard InChI is InChI=1S/C27H18O10/c1-7-4-10(29)14-17-12(7)16-18-21(31)13-8(2)5-11(30)15-19(13)27(6-35-25(15)33,24(18)36-9(3)28)20(16)22(32)23(17)37-26(14)34/h4-5,18,24,29-30,32H,6H2,1-3H3/t18-,24-,27-/m0/s1. The molecule has 37 heavy (non-hydrogen) atoms. The molecule has 186 valence electrons. The van der Waals surface area contributed by atoms with E-state index >= 15 is 0 Å². The first-order chi connectivity index (χ1) is 17.5. The number of benzene rings is 3. The second-order valence-electron chi connectivity index (χ2n) is 9.95. The Hall–Kier alpha value is -4.60. The molecule has 2 heterocycles. The minimum Gasteiger partial charge on any atom is -0.507 e. The topological polar surface area (TPSA) is 157 Å². The Balaban J connectivity index is 1.75. The van der Waals surface area contributed by atoms with Gasteiger partial charge in [-0.1, -0.05) is 0 Å². The van der Waals surface area contributed by atoms with Crippen LogP contribution < -0.4 is 4.74 Å². The number of cyclic esters (lactones) is 1. The number of phenolic OH excluding ortho intramolecular Hbond substituents is 3. The van der Waals surface area contributed by atoms with E-state index in [2.05, 4.69) is 0 Å². The summed E-state index contributed by atoms with van der Waals surface area (Å²) < 4.78 is 16.7. The van der Waals surface area contributed by atoms with Crippen molar-refractivity contribution >= 4 is 34.5 Å². The number of ether oxygens (including phenoxy) is 3. The van der Waals surface area contributed by atoms with E-state index in [4.69, 9.17) is 14.2 Å². The Morgan fingerprint density at radius 1 is 0.946 bits per heavy atom. The lowest BCUT2D eigenvalue weighted by Crippen LogP contribution is -2.54. The van der Waals surface area contributed by atoms with E-state index < -0.39 is 59.2 Å². The van der Waals surface area contributed by atoms with E-state index in [-0.39, 0.29) is 44.7 Å². The zero-order chi connectivity index (χ0) is 26.3. The summed E-state index contributed by atoms with van der Waals surface area (Å²) in [5.74, 6) is -5.50. The number of esters is 3. The number of hydrogen-bond acceptors (Lipinski definition) is 10. The van der Waals surface area contributed by atoms with Crippen molar-refractivity contribution in [2.45, 2.75) is 38.2 Å². The van der Waals surface area contributed by atoms with Gasteiger partial charge in [0, 0.05) is 23.4 Å². The largest absolute Gasteiger partial charge is 0.507 e. The van der Waals surface area contributed by atoms with Gasteiger partial charge in [0.05, 0.1) is 11.3 Å². The minimum atomic E-state index is -1.57. The summed E-state index contributed by atoms with van der Waals surface area (Å²) >= 11 is 0. The molecule has 0 aromatic heterocycles. The lowest BCUT2D eigenvalue weighted by Gasteiger charge is -2.44. The molecule has 0 amide bonds. The van der Waals surface area contributed by atoms with Crippen molar-refractivity contribution in [2.24, 2.45) is 0 Å². The van der Waals surface area contributed by atoms with Crippen LogP contribution in [0.4, 0.5) is 0 Å². The molecule has 0 saturated carbocycles. The van der Waals surface area contributed by atoms with Gasteiger partial charge in [-0.3, -0.25) is 9.59 Å². The number of aryl methyl sites for hydroxylation is 2. The highest BCUT2D eigenvalue weighted by Crippen LogP contribution is 2.66. The highest BCUT2D eigenvalue weighted by molar-refractivity contribution is 6.21. The second kappa shape index (κ2) is 6.39. The number of aromatic hydroxyl groups is 3. The maximum Gasteiger partial charge on any atom is 0.348 e. The molecule has 4 aliphatic rings. The van der Waals surface area contributed by atoms with Gasteiger partial charge in [-0.2, -0.15) is 0 Å². The predicted octanol–water partition coefficient (Wildman–Crippen LogP) is 2.79. The third-order valence-electron chi connectivity index (χ3n) is 8.07. The van der Waals surface area contributed by atoms with Gasteiger partial charge in [0.15, 0.2) is 17.3 Å². The normalized spacial score (nSPS) is 24.0. The van der Waals surface area contributed by atoms with E-state index in [1.165, 1.54) is 19.1 Å². The van der Waals surface area contributed by atoms with E-state index in [1.807, 2.05) is 0 Å². The SMILES string of the molecule is CC(=O)O[C@H]1[C@@H]2C(=O)c3c(C)cc(O)c4c3[C@@]1(COC4=O)c1c(O)c3c4c(c(O)cc(C)c4c12)C(=O)O3. The number of phenols is 3. The summed E-state index contributed by atoms with van der Waals surface area (Å²) in [4.78, 5) is 52.1. The first-order valence-electron chi connectivity index (χ1n) is 11.5. The molecule has 2 bridgehead atoms. The van der Waals surface area contributed by atoms with E-state index in [1.54, 1.807) is 13.8 Å². The lowest BCUT2D eigenvalue weighted by atomic mass is 9.63. The predicted molar refractivity (Wildman–Crippen MR) is 124 cm³/mol. The first-order valence-corrected chi connectivity index (χ1v) is 11.5. The molecule has 1 spiro atoms. The Labute approximate surface area is 208 Å². The Bertz CT molecular complexity index is 1730. The van der Waals surface area contributed by atoms with Gasteiger partial charge in [0.1, 0.15) is 35.3 Å². The summed E-state index contributed by atoms with van der Waals surface area (Å²) in [6, 6.07) is 2.67. The number of ketones is 1. The van der Waals surface area contributed by atoms with Crippen LogP contribution in [0.15, 0.2) is 12.1 Å². The average molecular weight is 502 g/mol. The monoisotopic (exact) mass is 502 g/mol. The quantitative estimate of drug-likeness (QED) is 0.334. The molecular formula is C27H18O10.